The van der Waals surface area contributed by atoms with Crippen LogP contribution in [0.3, 0.4) is 0 Å². The van der Waals surface area contributed by atoms with Crippen molar-refractivity contribution in [2.75, 3.05) is 19.8 Å². The van der Waals surface area contributed by atoms with Crippen LogP contribution in [0.5, 0.6) is 0 Å². The van der Waals surface area contributed by atoms with Gasteiger partial charge in [0.1, 0.15) is 19.8 Å². The van der Waals surface area contributed by atoms with Crippen LogP contribution in [0, 0.1) is 0 Å². The maximum Gasteiger partial charge on any atom is 0.537 e. The van der Waals surface area contributed by atoms with Crippen molar-refractivity contribution in [2.24, 2.45) is 0 Å². The summed E-state index contributed by atoms with van der Waals surface area (Å²) in [6.07, 6.45) is 0. The summed E-state index contributed by atoms with van der Waals surface area (Å²) in [7, 11) is -2.72. The lowest BCUT2D eigenvalue weighted by atomic mass is 10.8. The summed E-state index contributed by atoms with van der Waals surface area (Å²) in [5, 5.41) is 25.0. The molecule has 0 atom stereocenters. The number of aliphatic hydroxyl groups is 3. The van der Waals surface area contributed by atoms with Gasteiger partial charge in [-0.1, -0.05) is 0 Å². The molecule has 9 nitrogen and oxygen atoms in total. The summed E-state index contributed by atoms with van der Waals surface area (Å²) in [5.74, 6) is -3.58. The molecule has 0 aliphatic heterocycles. The van der Waals surface area contributed by atoms with E-state index in [9.17, 15) is 14.4 Å². The quantitative estimate of drug-likeness (QED) is 0.452. The molecule has 0 aromatic carbocycles. The first kappa shape index (κ1) is 14.7. The van der Waals surface area contributed by atoms with E-state index in [1.165, 1.54) is 0 Å². The first-order valence-electron chi connectivity index (χ1n) is 3.78. The molecule has 0 fully saturated rings. The highest BCUT2D eigenvalue weighted by Gasteiger charge is 2.26. The van der Waals surface area contributed by atoms with Crippen LogP contribution in [0.2, 0.25) is 0 Å². The smallest absolute Gasteiger partial charge is 0.385 e. The van der Waals surface area contributed by atoms with Crippen LogP contribution in [0.15, 0.2) is 0 Å². The summed E-state index contributed by atoms with van der Waals surface area (Å²) in [6.45, 7) is -3.02. The fourth-order valence-electron chi connectivity index (χ4n) is 0.392. The Kier molecular flexibility index (Phi) is 7.31. The number of carbonyl (C=O) groups is 3. The molecule has 0 rings (SSSR count). The molecule has 0 amide bonds. The first-order valence-corrected chi connectivity index (χ1v) is 4.88. The van der Waals surface area contributed by atoms with E-state index in [1.54, 1.807) is 0 Å². The lowest BCUT2D eigenvalue weighted by molar-refractivity contribution is -0.146. The average Bonchev–Trinajstić information content (AvgIpc) is 2.28. The van der Waals surface area contributed by atoms with Gasteiger partial charge in [-0.25, -0.2) is 14.4 Å². The molecule has 10 heteroatoms. The van der Waals surface area contributed by atoms with E-state index in [0.717, 1.165) is 0 Å². The third-order valence-electron chi connectivity index (χ3n) is 0.916. The van der Waals surface area contributed by atoms with Crippen molar-refractivity contribution in [3.63, 3.8) is 0 Å². The lowest BCUT2D eigenvalue weighted by Crippen LogP contribution is -2.15. The predicted octanol–water partition coefficient (Wildman–Crippen LogP) is -2.18. The fraction of sp³-hybridized carbons (Fsp3) is 0.500. The zero-order valence-electron chi connectivity index (χ0n) is 7.86. The predicted molar refractivity (Wildman–Crippen MR) is 46.5 cm³/mol. The molecule has 0 heterocycles. The van der Waals surface area contributed by atoms with Crippen molar-refractivity contribution in [3.05, 3.63) is 0 Å². The van der Waals surface area contributed by atoms with Gasteiger partial charge in [-0.05, 0) is 0 Å². The molecular weight excluding hydrogens is 247 g/mol. The Morgan fingerprint density at radius 1 is 0.750 bits per heavy atom. The third-order valence-corrected chi connectivity index (χ3v) is 1.97. The van der Waals surface area contributed by atoms with E-state index >= 15 is 0 Å². The summed E-state index contributed by atoms with van der Waals surface area (Å²) in [5.41, 5.74) is 0. The molecule has 0 spiro atoms. The van der Waals surface area contributed by atoms with Crippen molar-refractivity contribution >= 4 is 26.5 Å². The lowest BCUT2D eigenvalue weighted by Gasteiger charge is -2.12. The van der Waals surface area contributed by atoms with Gasteiger partial charge in [0, 0.05) is 0 Å². The summed E-state index contributed by atoms with van der Waals surface area (Å²) < 4.78 is 12.6. The van der Waals surface area contributed by atoms with E-state index < -0.39 is 46.3 Å². The molecule has 0 aliphatic rings. The van der Waals surface area contributed by atoms with E-state index in [2.05, 4.69) is 13.6 Å². The molecule has 16 heavy (non-hydrogen) atoms. The second-order valence-corrected chi connectivity index (χ2v) is 3.08. The highest BCUT2D eigenvalue weighted by Crippen LogP contribution is 2.39. The number of aliphatic hydroxyl groups excluding tert-OH is 3. The Bertz CT molecular complexity index is 222. The molecule has 0 bridgehead atoms. The Morgan fingerprint density at radius 3 is 1.19 bits per heavy atom. The van der Waals surface area contributed by atoms with Crippen LogP contribution in [0.4, 0.5) is 0 Å². The van der Waals surface area contributed by atoms with E-state index in [4.69, 9.17) is 15.3 Å². The molecule has 0 aliphatic carbocycles. The Labute approximate surface area is 90.5 Å². The van der Waals surface area contributed by atoms with Crippen molar-refractivity contribution in [1.82, 2.24) is 0 Å². The molecule has 0 aromatic heterocycles. The molecule has 0 unspecified atom stereocenters. The SMILES string of the molecule is O=C(CO)OP(OC(=O)CO)OC(=O)CO. The molecule has 0 aromatic rings. The number of carbonyl (C=O) groups excluding carboxylic acids is 3. The molecular formula is C6H9O9P. The van der Waals surface area contributed by atoms with Crippen molar-refractivity contribution in [2.45, 2.75) is 0 Å². The van der Waals surface area contributed by atoms with Crippen LogP contribution >= 0.6 is 8.60 Å². The average molecular weight is 256 g/mol. The topological polar surface area (TPSA) is 140 Å². The Morgan fingerprint density at radius 2 is 1.00 bits per heavy atom. The van der Waals surface area contributed by atoms with Gasteiger partial charge < -0.3 is 28.9 Å². The zero-order valence-corrected chi connectivity index (χ0v) is 8.75. The van der Waals surface area contributed by atoms with Gasteiger partial charge >= 0.3 is 26.5 Å². The molecule has 0 saturated carbocycles. The summed E-state index contributed by atoms with van der Waals surface area (Å²) >= 11 is 0. The van der Waals surface area contributed by atoms with E-state index in [1.807, 2.05) is 0 Å². The maximum absolute atomic E-state index is 10.6. The van der Waals surface area contributed by atoms with E-state index in [-0.39, 0.29) is 0 Å². The van der Waals surface area contributed by atoms with Gasteiger partial charge in [-0.3, -0.25) is 0 Å². The second-order valence-electron chi connectivity index (χ2n) is 2.09. The minimum Gasteiger partial charge on any atom is -0.385 e. The van der Waals surface area contributed by atoms with Gasteiger partial charge in [-0.2, -0.15) is 0 Å². The molecule has 3 N–H and O–H groups in total. The molecule has 92 valence electrons. The van der Waals surface area contributed by atoms with Crippen LogP contribution in [-0.2, 0) is 28.0 Å². The van der Waals surface area contributed by atoms with Gasteiger partial charge in [0.25, 0.3) is 0 Å². The second kappa shape index (κ2) is 7.94. The van der Waals surface area contributed by atoms with E-state index in [0.29, 0.717) is 0 Å². The van der Waals surface area contributed by atoms with Crippen LogP contribution in [0.25, 0.3) is 0 Å². The normalized spacial score (nSPS) is 9.75. The van der Waals surface area contributed by atoms with Gasteiger partial charge in [0.2, 0.25) is 0 Å². The fourth-order valence-corrected chi connectivity index (χ4v) is 1.18. The minimum absolute atomic E-state index is 1.01. The van der Waals surface area contributed by atoms with Crippen LogP contribution in [0.1, 0.15) is 0 Å². The largest absolute Gasteiger partial charge is 0.537 e. The van der Waals surface area contributed by atoms with Crippen LogP contribution in [-0.4, -0.2) is 53.0 Å². The summed E-state index contributed by atoms with van der Waals surface area (Å²) in [6, 6.07) is 0. The highest BCUT2D eigenvalue weighted by molar-refractivity contribution is 7.43. The first-order chi connectivity index (χ1) is 7.53. The maximum atomic E-state index is 10.6. The summed E-state index contributed by atoms with van der Waals surface area (Å²) in [4.78, 5) is 31.8. The zero-order chi connectivity index (χ0) is 12.6. The molecule has 0 saturated heterocycles. The molecule has 0 radical (unpaired) electrons. The number of rotatable bonds is 6. The standard InChI is InChI=1S/C6H9O9P/c7-1-4(10)13-16(14-5(11)2-8)15-6(12)3-9/h7-9H,1-3H2. The monoisotopic (exact) mass is 256 g/mol. The number of hydrogen-bond donors (Lipinski definition) is 3. The van der Waals surface area contributed by atoms with Crippen molar-refractivity contribution < 1.29 is 43.3 Å². The van der Waals surface area contributed by atoms with Crippen molar-refractivity contribution in [3.8, 4) is 0 Å². The number of hydrogen-bond acceptors (Lipinski definition) is 9. The third kappa shape index (κ3) is 6.25. The van der Waals surface area contributed by atoms with Crippen molar-refractivity contribution in [1.29, 1.82) is 0 Å². The van der Waals surface area contributed by atoms with Gasteiger partial charge in [0.15, 0.2) is 0 Å². The highest BCUT2D eigenvalue weighted by atomic mass is 31.2. The Hall–Kier alpha value is -1.28. The van der Waals surface area contributed by atoms with Gasteiger partial charge in [-0.15, -0.1) is 0 Å². The van der Waals surface area contributed by atoms with Gasteiger partial charge in [0.05, 0.1) is 0 Å². The minimum atomic E-state index is -2.72. The van der Waals surface area contributed by atoms with Crippen LogP contribution < -0.4 is 0 Å². The Balaban J connectivity index is 4.31.